The molecule has 1 heteroatoms. The van der Waals surface area contributed by atoms with Crippen LogP contribution < -0.4 is 0 Å². The summed E-state index contributed by atoms with van der Waals surface area (Å²) in [4.78, 5) is 11.6. The van der Waals surface area contributed by atoms with E-state index < -0.39 is 0 Å². The van der Waals surface area contributed by atoms with E-state index in [0.29, 0.717) is 6.42 Å². The third-order valence-electron chi connectivity index (χ3n) is 2.74. The van der Waals surface area contributed by atoms with Crippen LogP contribution in [0.2, 0.25) is 0 Å². The Hall–Kier alpha value is -1.37. The Morgan fingerprint density at radius 1 is 1.18 bits per heavy atom. The Bertz CT molecular complexity index is 391. The van der Waals surface area contributed by atoms with Gasteiger partial charge in [0.2, 0.25) is 0 Å². The van der Waals surface area contributed by atoms with Crippen molar-refractivity contribution in [3.8, 4) is 0 Å². The van der Waals surface area contributed by atoms with Crippen LogP contribution in [0, 0.1) is 0 Å². The number of hydrogen-bond acceptors (Lipinski definition) is 1. The molecule has 0 heterocycles. The molecule has 0 saturated carbocycles. The molecule has 1 nitrogen and oxygen atoms in total. The first kappa shape index (κ1) is 13.7. The average molecular weight is 230 g/mol. The molecule has 0 aliphatic carbocycles. The van der Waals surface area contributed by atoms with Gasteiger partial charge in [0.25, 0.3) is 0 Å². The van der Waals surface area contributed by atoms with Crippen molar-refractivity contribution in [2.45, 2.75) is 46.0 Å². The van der Waals surface area contributed by atoms with Crippen molar-refractivity contribution in [3.05, 3.63) is 47.5 Å². The molecule has 0 aromatic heterocycles. The summed E-state index contributed by atoms with van der Waals surface area (Å²) < 4.78 is 0. The van der Waals surface area contributed by atoms with Gasteiger partial charge in [-0.1, -0.05) is 58.0 Å². The number of hydrogen-bond donors (Lipinski definition) is 0. The molecule has 92 valence electrons. The summed E-state index contributed by atoms with van der Waals surface area (Å²) in [5.41, 5.74) is 2.56. The van der Waals surface area contributed by atoms with Gasteiger partial charge in [0.1, 0.15) is 0 Å². The Kier molecular flexibility index (Phi) is 4.68. The zero-order valence-electron chi connectivity index (χ0n) is 11.3. The van der Waals surface area contributed by atoms with Crippen molar-refractivity contribution in [1.82, 2.24) is 0 Å². The lowest BCUT2D eigenvalue weighted by atomic mass is 9.86. The van der Waals surface area contributed by atoms with Crippen LogP contribution in [0.25, 0.3) is 0 Å². The number of carbonyl (C=O) groups excluding carboxylic acids is 1. The number of allylic oxidation sites excluding steroid dienone is 2. The molecule has 0 unspecified atom stereocenters. The molecule has 1 aromatic rings. The summed E-state index contributed by atoms with van der Waals surface area (Å²) in [5.74, 6) is 0.176. The van der Waals surface area contributed by atoms with Crippen LogP contribution in [0.1, 0.15) is 45.2 Å². The molecule has 0 N–H and O–H groups in total. The van der Waals surface area contributed by atoms with E-state index in [9.17, 15) is 4.79 Å². The SMILES string of the molecule is CC/C=C/C(=O)Cc1ccc(C(C)(C)C)cc1. The Morgan fingerprint density at radius 2 is 1.76 bits per heavy atom. The molecule has 0 aliphatic rings. The van der Waals surface area contributed by atoms with Gasteiger partial charge < -0.3 is 0 Å². The molecule has 1 rings (SSSR count). The minimum Gasteiger partial charge on any atom is -0.294 e. The Morgan fingerprint density at radius 3 is 2.24 bits per heavy atom. The number of carbonyl (C=O) groups is 1. The lowest BCUT2D eigenvalue weighted by Crippen LogP contribution is -2.11. The largest absolute Gasteiger partial charge is 0.294 e. The van der Waals surface area contributed by atoms with Crippen LogP contribution in [0.3, 0.4) is 0 Å². The minimum atomic E-state index is 0.171. The van der Waals surface area contributed by atoms with Gasteiger partial charge in [-0.15, -0.1) is 0 Å². The first-order valence-corrected chi connectivity index (χ1v) is 6.22. The van der Waals surface area contributed by atoms with E-state index >= 15 is 0 Å². The van der Waals surface area contributed by atoms with Crippen molar-refractivity contribution < 1.29 is 4.79 Å². The maximum absolute atomic E-state index is 11.6. The molecule has 0 atom stereocenters. The van der Waals surface area contributed by atoms with Crippen LogP contribution in [-0.2, 0) is 16.6 Å². The number of benzene rings is 1. The predicted molar refractivity (Wildman–Crippen MR) is 73.3 cm³/mol. The molecular weight excluding hydrogens is 208 g/mol. The van der Waals surface area contributed by atoms with Crippen LogP contribution >= 0.6 is 0 Å². The van der Waals surface area contributed by atoms with E-state index in [1.165, 1.54) is 5.56 Å². The monoisotopic (exact) mass is 230 g/mol. The molecule has 0 fully saturated rings. The molecule has 1 aromatic carbocycles. The second-order valence-corrected chi connectivity index (χ2v) is 5.40. The molecule has 0 amide bonds. The van der Waals surface area contributed by atoms with Crippen LogP contribution in [0.4, 0.5) is 0 Å². The molecule has 17 heavy (non-hydrogen) atoms. The van der Waals surface area contributed by atoms with E-state index in [4.69, 9.17) is 0 Å². The van der Waals surface area contributed by atoms with Gasteiger partial charge in [-0.2, -0.15) is 0 Å². The molecule has 0 aliphatic heterocycles. The molecule has 0 saturated heterocycles. The highest BCUT2D eigenvalue weighted by atomic mass is 16.1. The van der Waals surface area contributed by atoms with E-state index in [1.807, 2.05) is 13.0 Å². The van der Waals surface area contributed by atoms with E-state index in [0.717, 1.165) is 12.0 Å². The Balaban J connectivity index is 2.69. The highest BCUT2D eigenvalue weighted by Gasteiger charge is 2.12. The normalized spacial score (nSPS) is 12.0. The van der Waals surface area contributed by atoms with Gasteiger partial charge in [-0.05, 0) is 29.0 Å². The number of ketones is 1. The topological polar surface area (TPSA) is 17.1 Å². The van der Waals surface area contributed by atoms with Crippen LogP contribution in [0.5, 0.6) is 0 Å². The second kappa shape index (κ2) is 5.81. The zero-order valence-corrected chi connectivity index (χ0v) is 11.3. The summed E-state index contributed by atoms with van der Waals surface area (Å²) in [7, 11) is 0. The van der Waals surface area contributed by atoms with Crippen LogP contribution in [-0.4, -0.2) is 5.78 Å². The zero-order chi connectivity index (χ0) is 12.9. The fraction of sp³-hybridized carbons (Fsp3) is 0.438. The van der Waals surface area contributed by atoms with Gasteiger partial charge in [0, 0.05) is 6.42 Å². The second-order valence-electron chi connectivity index (χ2n) is 5.40. The van der Waals surface area contributed by atoms with E-state index in [1.54, 1.807) is 6.08 Å². The van der Waals surface area contributed by atoms with Crippen molar-refractivity contribution in [3.63, 3.8) is 0 Å². The van der Waals surface area contributed by atoms with Gasteiger partial charge in [0.15, 0.2) is 5.78 Å². The van der Waals surface area contributed by atoms with Gasteiger partial charge in [-0.3, -0.25) is 4.79 Å². The smallest absolute Gasteiger partial charge is 0.159 e. The van der Waals surface area contributed by atoms with Gasteiger partial charge >= 0.3 is 0 Å². The lowest BCUT2D eigenvalue weighted by Gasteiger charge is -2.19. The van der Waals surface area contributed by atoms with Crippen molar-refractivity contribution in [1.29, 1.82) is 0 Å². The van der Waals surface area contributed by atoms with Crippen LogP contribution in [0.15, 0.2) is 36.4 Å². The summed E-state index contributed by atoms with van der Waals surface area (Å²) >= 11 is 0. The first-order chi connectivity index (χ1) is 7.93. The van der Waals surface area contributed by atoms with Gasteiger partial charge in [-0.25, -0.2) is 0 Å². The summed E-state index contributed by atoms with van der Waals surface area (Å²) in [5, 5.41) is 0. The summed E-state index contributed by atoms with van der Waals surface area (Å²) in [6.07, 6.45) is 5.00. The van der Waals surface area contributed by atoms with Gasteiger partial charge in [0.05, 0.1) is 0 Å². The van der Waals surface area contributed by atoms with E-state index in [-0.39, 0.29) is 11.2 Å². The highest BCUT2D eigenvalue weighted by molar-refractivity contribution is 5.91. The fourth-order valence-corrected chi connectivity index (χ4v) is 1.63. The lowest BCUT2D eigenvalue weighted by molar-refractivity contribution is -0.114. The molecule has 0 bridgehead atoms. The molecular formula is C16H22O. The maximum Gasteiger partial charge on any atom is 0.159 e. The summed E-state index contributed by atoms with van der Waals surface area (Å²) in [6.45, 7) is 8.60. The van der Waals surface area contributed by atoms with Crippen molar-refractivity contribution in [2.24, 2.45) is 0 Å². The predicted octanol–water partition coefficient (Wildman–Crippen LogP) is 4.06. The molecule has 0 spiro atoms. The maximum atomic E-state index is 11.6. The van der Waals surface area contributed by atoms with E-state index in [2.05, 4.69) is 45.0 Å². The number of rotatable bonds is 4. The summed E-state index contributed by atoms with van der Waals surface area (Å²) in [6, 6.07) is 8.34. The third-order valence-corrected chi connectivity index (χ3v) is 2.74. The van der Waals surface area contributed by atoms with Crippen molar-refractivity contribution >= 4 is 5.78 Å². The average Bonchev–Trinajstić information content (AvgIpc) is 2.26. The standard InChI is InChI=1S/C16H22O/c1-5-6-7-15(17)12-13-8-10-14(11-9-13)16(2,3)4/h6-11H,5,12H2,1-4H3/b7-6+. The first-order valence-electron chi connectivity index (χ1n) is 6.22. The highest BCUT2D eigenvalue weighted by Crippen LogP contribution is 2.22. The fourth-order valence-electron chi connectivity index (χ4n) is 1.63. The quantitative estimate of drug-likeness (QED) is 0.713. The Labute approximate surface area is 105 Å². The molecule has 0 radical (unpaired) electrons. The van der Waals surface area contributed by atoms with Crippen molar-refractivity contribution in [2.75, 3.05) is 0 Å². The third kappa shape index (κ3) is 4.56. The minimum absolute atomic E-state index is 0.171.